The molecule has 5 rings (SSSR count). The number of benzene rings is 3. The molecule has 7 nitrogen and oxygen atoms in total. The van der Waals surface area contributed by atoms with Crippen molar-refractivity contribution in [2.75, 3.05) is 11.5 Å². The van der Waals surface area contributed by atoms with Crippen LogP contribution in [0.3, 0.4) is 0 Å². The Morgan fingerprint density at radius 3 is 2.40 bits per heavy atom. The van der Waals surface area contributed by atoms with Gasteiger partial charge in [-0.2, -0.15) is 0 Å². The first kappa shape index (κ1) is 23.2. The smallest absolute Gasteiger partial charge is 0.268 e. The van der Waals surface area contributed by atoms with E-state index in [1.54, 1.807) is 60.7 Å². The van der Waals surface area contributed by atoms with E-state index < -0.39 is 41.5 Å². The zero-order valence-corrected chi connectivity index (χ0v) is 20.2. The van der Waals surface area contributed by atoms with Crippen LogP contribution in [0.1, 0.15) is 28.9 Å². The van der Waals surface area contributed by atoms with Crippen LogP contribution in [0.5, 0.6) is 5.75 Å². The highest BCUT2D eigenvalue weighted by molar-refractivity contribution is 9.10. The molecule has 1 N–H and O–H groups in total. The number of anilines is 1. The molecule has 0 saturated carbocycles. The lowest BCUT2D eigenvalue weighted by Crippen LogP contribution is -2.48. The Kier molecular flexibility index (Phi) is 6.12. The van der Waals surface area contributed by atoms with Crippen LogP contribution in [-0.4, -0.2) is 35.4 Å². The normalized spacial score (nSPS) is 21.4. The summed E-state index contributed by atoms with van der Waals surface area (Å²) in [7, 11) is 0. The number of hydrazine groups is 1. The number of nitrogens with zero attached hydrogens (tertiary/aromatic N) is 2. The van der Waals surface area contributed by atoms with Crippen molar-refractivity contribution in [2.45, 2.75) is 19.0 Å². The maximum Gasteiger partial charge on any atom is 0.268 e. The molecule has 2 aliphatic heterocycles. The van der Waals surface area contributed by atoms with Crippen molar-refractivity contribution in [3.8, 4) is 5.75 Å². The van der Waals surface area contributed by atoms with Gasteiger partial charge in [0.25, 0.3) is 11.8 Å². The number of nitrogens with one attached hydrogen (secondary N) is 1. The average molecular weight is 538 g/mol. The standard InChI is InChI=1S/C26H21BrFN3O4/c1-2-35-20-12-10-19(11-13-20)30-25(33)21-22(15-6-8-18(28)9-7-15)29-31(23(21)26(30)34)24(32)16-4-3-5-17(27)14-16/h3-14,21-23,29H,2H2,1H3/t21-,22-,23+/m1/s1. The van der Waals surface area contributed by atoms with Gasteiger partial charge in [-0.05, 0) is 67.1 Å². The lowest BCUT2D eigenvalue weighted by molar-refractivity contribution is -0.123. The fraction of sp³-hybridized carbons (Fsp3) is 0.192. The molecule has 2 fully saturated rings. The van der Waals surface area contributed by atoms with Gasteiger partial charge >= 0.3 is 0 Å². The Hall–Kier alpha value is -3.56. The first-order valence-electron chi connectivity index (χ1n) is 11.1. The van der Waals surface area contributed by atoms with Crippen molar-refractivity contribution in [3.63, 3.8) is 0 Å². The number of hydrogen-bond donors (Lipinski definition) is 1. The zero-order chi connectivity index (χ0) is 24.7. The SMILES string of the molecule is CCOc1ccc(N2C(=O)[C@@H]3[C@@H](c4ccc(F)cc4)NN(C(=O)c4cccc(Br)c4)[C@@H]3C2=O)cc1. The summed E-state index contributed by atoms with van der Waals surface area (Å²) in [5, 5.41) is 1.23. The zero-order valence-electron chi connectivity index (χ0n) is 18.7. The molecule has 2 heterocycles. The van der Waals surface area contributed by atoms with Gasteiger partial charge < -0.3 is 4.74 Å². The van der Waals surface area contributed by atoms with Gasteiger partial charge in [-0.3, -0.25) is 19.4 Å². The van der Waals surface area contributed by atoms with Crippen LogP contribution in [0.2, 0.25) is 0 Å². The van der Waals surface area contributed by atoms with E-state index in [9.17, 15) is 18.8 Å². The number of carbonyl (C=O) groups is 3. The largest absolute Gasteiger partial charge is 0.494 e. The number of imide groups is 1. The van der Waals surface area contributed by atoms with Crippen LogP contribution in [0.4, 0.5) is 10.1 Å². The molecule has 178 valence electrons. The third-order valence-electron chi connectivity index (χ3n) is 6.16. The molecule has 3 aromatic rings. The lowest BCUT2D eigenvalue weighted by Gasteiger charge is -2.25. The quantitative estimate of drug-likeness (QED) is 0.492. The summed E-state index contributed by atoms with van der Waals surface area (Å²) in [6, 6.07) is 17.4. The van der Waals surface area contributed by atoms with Gasteiger partial charge in [0.05, 0.1) is 24.3 Å². The first-order valence-corrected chi connectivity index (χ1v) is 11.9. The monoisotopic (exact) mass is 537 g/mol. The minimum atomic E-state index is -1.06. The first-order chi connectivity index (χ1) is 16.9. The Labute approximate surface area is 209 Å². The van der Waals surface area contributed by atoms with Crippen LogP contribution >= 0.6 is 15.9 Å². The molecule has 2 saturated heterocycles. The molecule has 0 bridgehead atoms. The van der Waals surface area contributed by atoms with E-state index in [1.165, 1.54) is 17.1 Å². The van der Waals surface area contributed by atoms with E-state index in [2.05, 4.69) is 21.4 Å². The van der Waals surface area contributed by atoms with Crippen LogP contribution in [-0.2, 0) is 9.59 Å². The highest BCUT2D eigenvalue weighted by Gasteiger charge is 2.60. The summed E-state index contributed by atoms with van der Waals surface area (Å²) >= 11 is 3.36. The van der Waals surface area contributed by atoms with Crippen molar-refractivity contribution < 1.29 is 23.5 Å². The van der Waals surface area contributed by atoms with E-state index in [0.717, 1.165) is 4.90 Å². The van der Waals surface area contributed by atoms with Gasteiger partial charge in [-0.25, -0.2) is 14.7 Å². The van der Waals surface area contributed by atoms with Gasteiger partial charge in [0.15, 0.2) is 0 Å². The molecular formula is C26H21BrFN3O4. The van der Waals surface area contributed by atoms with Gasteiger partial charge in [0.1, 0.15) is 17.6 Å². The van der Waals surface area contributed by atoms with Crippen molar-refractivity contribution in [3.05, 3.63) is 94.2 Å². The number of rotatable bonds is 5. The summed E-state index contributed by atoms with van der Waals surface area (Å²) in [5.74, 6) is -2.07. The number of carbonyl (C=O) groups excluding carboxylic acids is 3. The number of halogens is 2. The molecule has 3 atom stereocenters. The van der Waals surface area contributed by atoms with Crippen molar-refractivity contribution in [1.82, 2.24) is 10.4 Å². The van der Waals surface area contributed by atoms with E-state index in [1.807, 2.05) is 6.92 Å². The summed E-state index contributed by atoms with van der Waals surface area (Å²) in [4.78, 5) is 41.8. The second kappa shape index (κ2) is 9.24. The van der Waals surface area contributed by atoms with E-state index in [-0.39, 0.29) is 0 Å². The summed E-state index contributed by atoms with van der Waals surface area (Å²) in [6.45, 7) is 2.35. The van der Waals surface area contributed by atoms with E-state index in [0.29, 0.717) is 33.6 Å². The number of hydrogen-bond acceptors (Lipinski definition) is 5. The topological polar surface area (TPSA) is 79.0 Å². The second-order valence-electron chi connectivity index (χ2n) is 8.25. The maximum atomic E-state index is 13.6. The predicted molar refractivity (Wildman–Crippen MR) is 130 cm³/mol. The Bertz CT molecular complexity index is 1300. The molecule has 0 aromatic heterocycles. The molecule has 9 heteroatoms. The third kappa shape index (κ3) is 4.11. The molecule has 0 aliphatic carbocycles. The van der Waals surface area contributed by atoms with Crippen molar-refractivity contribution >= 4 is 39.3 Å². The molecule has 35 heavy (non-hydrogen) atoms. The Balaban J connectivity index is 1.54. The van der Waals surface area contributed by atoms with E-state index >= 15 is 0 Å². The van der Waals surface area contributed by atoms with Crippen LogP contribution in [0, 0.1) is 11.7 Å². The fourth-order valence-corrected chi connectivity index (χ4v) is 4.99. The van der Waals surface area contributed by atoms with Gasteiger partial charge in [-0.15, -0.1) is 0 Å². The molecule has 2 aliphatic rings. The number of fused-ring (bicyclic) bond motifs is 1. The van der Waals surface area contributed by atoms with Crippen molar-refractivity contribution in [1.29, 1.82) is 0 Å². The summed E-state index contributed by atoms with van der Waals surface area (Å²) in [5.41, 5.74) is 4.41. The number of amides is 3. The second-order valence-corrected chi connectivity index (χ2v) is 9.17. The molecule has 3 amide bonds. The fourth-order valence-electron chi connectivity index (χ4n) is 4.60. The van der Waals surface area contributed by atoms with Crippen molar-refractivity contribution in [2.24, 2.45) is 5.92 Å². The Morgan fingerprint density at radius 2 is 1.74 bits per heavy atom. The van der Waals surface area contributed by atoms with Gasteiger partial charge in [0.2, 0.25) is 5.91 Å². The van der Waals surface area contributed by atoms with Crippen LogP contribution in [0.25, 0.3) is 0 Å². The minimum Gasteiger partial charge on any atom is -0.494 e. The summed E-state index contributed by atoms with van der Waals surface area (Å²) in [6.07, 6.45) is 0. The predicted octanol–water partition coefficient (Wildman–Crippen LogP) is 4.25. The molecule has 0 radical (unpaired) electrons. The van der Waals surface area contributed by atoms with Gasteiger partial charge in [-0.1, -0.05) is 34.1 Å². The molecule has 3 aromatic carbocycles. The highest BCUT2D eigenvalue weighted by atomic mass is 79.9. The molecule has 0 unspecified atom stereocenters. The van der Waals surface area contributed by atoms with Gasteiger partial charge in [0, 0.05) is 10.0 Å². The van der Waals surface area contributed by atoms with E-state index in [4.69, 9.17) is 4.74 Å². The third-order valence-corrected chi connectivity index (χ3v) is 6.65. The van der Waals surface area contributed by atoms with Crippen LogP contribution in [0.15, 0.2) is 77.3 Å². The number of ether oxygens (including phenoxy) is 1. The van der Waals surface area contributed by atoms with Crippen LogP contribution < -0.4 is 15.1 Å². The lowest BCUT2D eigenvalue weighted by atomic mass is 9.91. The minimum absolute atomic E-state index is 0.352. The molecular weight excluding hydrogens is 517 g/mol. The Morgan fingerprint density at radius 1 is 1.03 bits per heavy atom. The highest BCUT2D eigenvalue weighted by Crippen LogP contribution is 2.42. The maximum absolute atomic E-state index is 13.6. The summed E-state index contributed by atoms with van der Waals surface area (Å²) < 4.78 is 19.8. The average Bonchev–Trinajstić information content (AvgIpc) is 3.37. The molecule has 0 spiro atoms.